The minimum absolute atomic E-state index is 0.768. The molecular formula is C28H34BF4NO. The van der Waals surface area contributed by atoms with E-state index in [9.17, 15) is 17.3 Å². The fraction of sp³-hybridized carbons (Fsp3) is 0.357. The molecule has 0 amide bonds. The van der Waals surface area contributed by atoms with Crippen molar-refractivity contribution in [1.29, 1.82) is 0 Å². The zero-order valence-electron chi connectivity index (χ0n) is 20.3. The van der Waals surface area contributed by atoms with E-state index >= 15 is 0 Å². The number of hydrogen-bond acceptors (Lipinski definition) is 1. The van der Waals surface area contributed by atoms with Crippen LogP contribution in [0.1, 0.15) is 32.1 Å². The molecule has 3 aromatic rings. The van der Waals surface area contributed by atoms with E-state index in [1.54, 1.807) is 0 Å². The maximum Gasteiger partial charge on any atom is 0.673 e. The molecule has 188 valence electrons. The van der Waals surface area contributed by atoms with Crippen LogP contribution in [0, 0.1) is 0 Å². The molecule has 1 saturated heterocycles. The summed E-state index contributed by atoms with van der Waals surface area (Å²) in [6, 6.07) is 27.7. The maximum atomic E-state index is 9.75. The number of likely N-dealkylation sites (tertiary alicyclic amines) is 1. The van der Waals surface area contributed by atoms with Crippen molar-refractivity contribution in [3.63, 3.8) is 0 Å². The van der Waals surface area contributed by atoms with Crippen LogP contribution in [0.15, 0.2) is 78.9 Å². The Balaban J connectivity index is 0.000000623. The number of piperidine rings is 1. The van der Waals surface area contributed by atoms with Gasteiger partial charge in [0.05, 0.1) is 33.3 Å². The van der Waals surface area contributed by atoms with Crippen LogP contribution in [0.2, 0.25) is 0 Å². The van der Waals surface area contributed by atoms with E-state index in [2.05, 4.69) is 85.9 Å². The molecule has 2 nitrogen and oxygen atoms in total. The molecule has 0 radical (unpaired) electrons. The van der Waals surface area contributed by atoms with Gasteiger partial charge in [-0.1, -0.05) is 78.9 Å². The Morgan fingerprint density at radius 1 is 0.686 bits per heavy atom. The number of halogens is 4. The lowest BCUT2D eigenvalue weighted by Gasteiger charge is -2.37. The summed E-state index contributed by atoms with van der Waals surface area (Å²) < 4.78 is 46.7. The summed E-state index contributed by atoms with van der Waals surface area (Å²) in [5.74, 6) is 1.01. The average molecular weight is 487 g/mol. The summed E-state index contributed by atoms with van der Waals surface area (Å²) in [5, 5.41) is 0. The van der Waals surface area contributed by atoms with Gasteiger partial charge in [-0.15, -0.1) is 0 Å². The molecule has 0 unspecified atom stereocenters. The molecule has 0 N–H and O–H groups in total. The number of nitrogens with zero attached hydrogens (tertiary/aromatic N) is 1. The first-order valence-corrected chi connectivity index (χ1v) is 12.3. The summed E-state index contributed by atoms with van der Waals surface area (Å²) >= 11 is 0. The number of quaternary nitrogens is 1. The van der Waals surface area contributed by atoms with Gasteiger partial charge in [-0.05, 0) is 43.2 Å². The third-order valence-electron chi connectivity index (χ3n) is 6.42. The van der Waals surface area contributed by atoms with Gasteiger partial charge in [0.2, 0.25) is 0 Å². The molecule has 1 fully saturated rings. The Morgan fingerprint density at radius 3 is 1.66 bits per heavy atom. The smallest absolute Gasteiger partial charge is 0.492 e. The molecule has 0 spiro atoms. The van der Waals surface area contributed by atoms with E-state index in [4.69, 9.17) is 4.74 Å². The van der Waals surface area contributed by atoms with Crippen molar-refractivity contribution in [3.05, 3.63) is 78.9 Å². The first-order valence-electron chi connectivity index (χ1n) is 12.3. The summed E-state index contributed by atoms with van der Waals surface area (Å²) in [6.07, 6.45) is 6.52. The van der Waals surface area contributed by atoms with Crippen LogP contribution in [0.4, 0.5) is 17.3 Å². The standard InChI is InChI=1S/C28H34NO.BF4/c1-29(20-9-4-10-21-29)22-11-12-23-30-28-26(24-14-5-2-6-15-24)18-13-19-27(28)25-16-7-3-8-17-25;2-1(3,4)5/h2-3,5-8,13-19H,4,9-12,20-23H2,1H3;/q+1;-1. The number of rotatable bonds is 8. The highest BCUT2D eigenvalue weighted by Crippen LogP contribution is 2.39. The van der Waals surface area contributed by atoms with Crippen LogP contribution >= 0.6 is 0 Å². The first kappa shape index (κ1) is 26.8. The third-order valence-corrected chi connectivity index (χ3v) is 6.42. The average Bonchev–Trinajstić information content (AvgIpc) is 2.84. The highest BCUT2D eigenvalue weighted by molar-refractivity contribution is 6.50. The molecule has 0 bridgehead atoms. The van der Waals surface area contributed by atoms with Gasteiger partial charge in [0.1, 0.15) is 5.75 Å². The van der Waals surface area contributed by atoms with Crippen LogP contribution in [0.3, 0.4) is 0 Å². The van der Waals surface area contributed by atoms with Crippen LogP contribution in [-0.2, 0) is 0 Å². The number of ether oxygens (including phenoxy) is 1. The monoisotopic (exact) mass is 487 g/mol. The topological polar surface area (TPSA) is 9.23 Å². The van der Waals surface area contributed by atoms with E-state index in [1.807, 2.05) is 0 Å². The van der Waals surface area contributed by atoms with Gasteiger partial charge < -0.3 is 26.5 Å². The van der Waals surface area contributed by atoms with E-state index in [-0.39, 0.29) is 0 Å². The van der Waals surface area contributed by atoms with Gasteiger partial charge in [-0.2, -0.15) is 0 Å². The predicted octanol–water partition coefficient (Wildman–Crippen LogP) is 8.11. The minimum atomic E-state index is -6.00. The molecule has 0 atom stereocenters. The number of hydrogen-bond donors (Lipinski definition) is 0. The Hall–Kier alpha value is -2.80. The largest absolute Gasteiger partial charge is 0.673 e. The van der Waals surface area contributed by atoms with Gasteiger partial charge in [-0.25, -0.2) is 0 Å². The Labute approximate surface area is 206 Å². The van der Waals surface area contributed by atoms with Crippen molar-refractivity contribution in [3.8, 4) is 28.0 Å². The van der Waals surface area contributed by atoms with E-state index in [0.717, 1.165) is 18.8 Å². The second-order valence-corrected chi connectivity index (χ2v) is 9.32. The number of unbranched alkanes of at least 4 members (excludes halogenated alkanes) is 1. The molecule has 0 aromatic heterocycles. The van der Waals surface area contributed by atoms with Gasteiger partial charge in [0.25, 0.3) is 0 Å². The molecule has 3 aromatic carbocycles. The Morgan fingerprint density at radius 2 is 1.17 bits per heavy atom. The van der Waals surface area contributed by atoms with Crippen LogP contribution in [0.5, 0.6) is 5.75 Å². The Kier molecular flexibility index (Phi) is 9.78. The summed E-state index contributed by atoms with van der Waals surface area (Å²) in [7, 11) is -3.57. The first-order chi connectivity index (χ1) is 16.8. The van der Waals surface area contributed by atoms with Crippen LogP contribution in [-0.4, -0.2) is 45.0 Å². The predicted molar refractivity (Wildman–Crippen MR) is 137 cm³/mol. The zero-order chi connectivity index (χ0) is 25.2. The highest BCUT2D eigenvalue weighted by atomic mass is 19.5. The lowest BCUT2D eigenvalue weighted by Crippen LogP contribution is -2.48. The van der Waals surface area contributed by atoms with Gasteiger partial charge >= 0.3 is 7.25 Å². The Bertz CT molecular complexity index is 958. The third kappa shape index (κ3) is 9.06. The molecule has 4 rings (SSSR count). The lowest BCUT2D eigenvalue weighted by molar-refractivity contribution is -0.914. The maximum absolute atomic E-state index is 9.75. The SMILES string of the molecule is C[N+]1(CCCCOc2c(-c3ccccc3)cccc2-c2ccccc2)CCCCC1.F[B-](F)(F)F. The van der Waals surface area contributed by atoms with Crippen molar-refractivity contribution in [2.75, 3.05) is 33.3 Å². The van der Waals surface area contributed by atoms with Crippen molar-refractivity contribution in [2.45, 2.75) is 32.1 Å². The molecule has 7 heteroatoms. The van der Waals surface area contributed by atoms with Crippen LogP contribution < -0.4 is 4.74 Å². The minimum Gasteiger partial charge on any atom is -0.492 e. The molecule has 1 aliphatic heterocycles. The van der Waals surface area contributed by atoms with Gasteiger partial charge in [0, 0.05) is 11.1 Å². The second-order valence-electron chi connectivity index (χ2n) is 9.32. The number of para-hydroxylation sites is 1. The molecular weight excluding hydrogens is 453 g/mol. The van der Waals surface area contributed by atoms with Crippen molar-refractivity contribution < 1.29 is 26.5 Å². The molecule has 35 heavy (non-hydrogen) atoms. The highest BCUT2D eigenvalue weighted by Gasteiger charge is 2.24. The van der Waals surface area contributed by atoms with Crippen molar-refractivity contribution in [1.82, 2.24) is 0 Å². The van der Waals surface area contributed by atoms with Crippen molar-refractivity contribution >= 4 is 7.25 Å². The normalized spacial score (nSPS) is 15.1. The number of benzene rings is 3. The van der Waals surface area contributed by atoms with E-state index in [0.29, 0.717) is 0 Å². The summed E-state index contributed by atoms with van der Waals surface area (Å²) in [6.45, 7) is 4.73. The van der Waals surface area contributed by atoms with Gasteiger partial charge in [-0.3, -0.25) is 0 Å². The zero-order valence-corrected chi connectivity index (χ0v) is 20.3. The molecule has 0 saturated carbocycles. The molecule has 0 aliphatic carbocycles. The van der Waals surface area contributed by atoms with E-state index < -0.39 is 7.25 Å². The lowest BCUT2D eigenvalue weighted by atomic mass is 9.97. The quantitative estimate of drug-likeness (QED) is 0.135. The van der Waals surface area contributed by atoms with Crippen LogP contribution in [0.25, 0.3) is 22.3 Å². The fourth-order valence-corrected chi connectivity index (χ4v) is 4.65. The fourth-order valence-electron chi connectivity index (χ4n) is 4.65. The molecule has 1 heterocycles. The summed E-state index contributed by atoms with van der Waals surface area (Å²) in [4.78, 5) is 0. The molecule has 1 aliphatic rings. The van der Waals surface area contributed by atoms with E-state index in [1.165, 1.54) is 72.1 Å². The second kappa shape index (κ2) is 12.8. The van der Waals surface area contributed by atoms with Crippen molar-refractivity contribution in [2.24, 2.45) is 0 Å². The summed E-state index contributed by atoms with van der Waals surface area (Å²) in [5.41, 5.74) is 4.76. The van der Waals surface area contributed by atoms with Gasteiger partial charge in [0.15, 0.2) is 0 Å².